The maximum absolute atomic E-state index is 12.2. The summed E-state index contributed by atoms with van der Waals surface area (Å²) in [6, 6.07) is -0.613. The van der Waals surface area contributed by atoms with Gasteiger partial charge in [0.2, 0.25) is 15.9 Å². The van der Waals surface area contributed by atoms with Crippen LogP contribution in [0.5, 0.6) is 0 Å². The van der Waals surface area contributed by atoms with Gasteiger partial charge in [-0.3, -0.25) is 4.79 Å². The third-order valence-electron chi connectivity index (χ3n) is 3.09. The second-order valence-corrected chi connectivity index (χ2v) is 6.66. The Kier molecular flexibility index (Phi) is 7.02. The lowest BCUT2D eigenvalue weighted by molar-refractivity contribution is -0.130. The van der Waals surface area contributed by atoms with Crippen molar-refractivity contribution in [1.29, 1.82) is 0 Å². The number of amides is 1. The van der Waals surface area contributed by atoms with Gasteiger partial charge in [0.05, 0.1) is 12.3 Å². The van der Waals surface area contributed by atoms with Crippen LogP contribution < -0.4 is 10.0 Å². The largest absolute Gasteiger partial charge is 0.345 e. The number of rotatable bonds is 5. The van der Waals surface area contributed by atoms with Crippen LogP contribution in [0.2, 0.25) is 0 Å². The van der Waals surface area contributed by atoms with Crippen molar-refractivity contribution in [2.24, 2.45) is 0 Å². The molecule has 8 heteroatoms. The number of hydrogen-bond acceptors (Lipinski definition) is 4. The summed E-state index contributed by atoms with van der Waals surface area (Å²) in [5, 5.41) is 2.53. The fourth-order valence-electron chi connectivity index (χ4n) is 2.26. The molecule has 1 rings (SSSR count). The molecule has 1 fully saturated rings. The molecule has 0 saturated heterocycles. The summed E-state index contributed by atoms with van der Waals surface area (Å²) in [5.41, 5.74) is -1.09. The van der Waals surface area contributed by atoms with Crippen molar-refractivity contribution >= 4 is 35.7 Å². The van der Waals surface area contributed by atoms with E-state index in [4.69, 9.17) is 0 Å². The molecule has 0 aromatic rings. The Morgan fingerprint density at radius 3 is 2.21 bits per heavy atom. The normalized spacial score (nSPS) is 19.9. The minimum atomic E-state index is -3.47. The highest BCUT2D eigenvalue weighted by atomic mass is 32.2. The van der Waals surface area contributed by atoms with Gasteiger partial charge in [-0.1, -0.05) is 19.3 Å². The zero-order chi connectivity index (χ0) is 13.8. The van der Waals surface area contributed by atoms with Gasteiger partial charge in [0.1, 0.15) is 11.8 Å². The van der Waals surface area contributed by atoms with Crippen LogP contribution >= 0.6 is 13.5 Å². The number of sulfonamides is 1. The molecule has 6 nitrogen and oxygen atoms in total. The smallest absolute Gasteiger partial charge is 0.241 e. The van der Waals surface area contributed by atoms with E-state index >= 15 is 0 Å². The van der Waals surface area contributed by atoms with Gasteiger partial charge in [-0.25, -0.2) is 8.42 Å². The van der Waals surface area contributed by atoms with Crippen molar-refractivity contribution in [1.82, 2.24) is 10.0 Å². The minimum Gasteiger partial charge on any atom is -0.345 e. The van der Waals surface area contributed by atoms with E-state index < -0.39 is 27.5 Å². The quantitative estimate of drug-likeness (QED) is 0.702. The SMILES string of the molecule is CC(C=O)NC(=O)C1(NS(C)(=O)=O)CCCCC1.S. The third-order valence-corrected chi connectivity index (χ3v) is 3.85. The highest BCUT2D eigenvalue weighted by molar-refractivity contribution is 7.88. The van der Waals surface area contributed by atoms with E-state index in [0.717, 1.165) is 25.5 Å². The lowest BCUT2D eigenvalue weighted by atomic mass is 9.81. The fraction of sp³-hybridized carbons (Fsp3) is 0.818. The summed E-state index contributed by atoms with van der Waals surface area (Å²) in [7, 11) is -3.47. The van der Waals surface area contributed by atoms with E-state index in [1.54, 1.807) is 6.92 Å². The van der Waals surface area contributed by atoms with Crippen LogP contribution in [0.25, 0.3) is 0 Å². The van der Waals surface area contributed by atoms with Crippen molar-refractivity contribution in [3.05, 3.63) is 0 Å². The second kappa shape index (κ2) is 7.25. The molecule has 0 bridgehead atoms. The zero-order valence-electron chi connectivity index (χ0n) is 11.2. The molecule has 112 valence electrons. The Balaban J connectivity index is 0.00000324. The van der Waals surface area contributed by atoms with Crippen molar-refractivity contribution in [2.45, 2.75) is 50.6 Å². The number of hydrogen-bond donors (Lipinski definition) is 2. The van der Waals surface area contributed by atoms with Crippen molar-refractivity contribution in [2.75, 3.05) is 6.26 Å². The summed E-state index contributed by atoms with van der Waals surface area (Å²) in [6.45, 7) is 1.56. The molecule has 0 radical (unpaired) electrons. The van der Waals surface area contributed by atoms with Crippen LogP contribution in [0, 0.1) is 0 Å². The van der Waals surface area contributed by atoms with Crippen LogP contribution in [-0.4, -0.2) is 38.4 Å². The molecule has 2 N–H and O–H groups in total. The first kappa shape index (κ1) is 18.4. The zero-order valence-corrected chi connectivity index (χ0v) is 13.0. The second-order valence-electron chi connectivity index (χ2n) is 4.92. The summed E-state index contributed by atoms with van der Waals surface area (Å²) >= 11 is 0. The van der Waals surface area contributed by atoms with Crippen LogP contribution in [-0.2, 0) is 19.6 Å². The van der Waals surface area contributed by atoms with Crippen LogP contribution in [0.4, 0.5) is 0 Å². The van der Waals surface area contributed by atoms with Crippen LogP contribution in [0.1, 0.15) is 39.0 Å². The summed E-state index contributed by atoms with van der Waals surface area (Å²) in [6.07, 6.45) is 5.18. The first-order valence-corrected chi connectivity index (χ1v) is 7.93. The first-order valence-electron chi connectivity index (χ1n) is 6.04. The molecular formula is C11H22N2O4S2. The Bertz CT molecular complexity index is 416. The summed E-state index contributed by atoms with van der Waals surface area (Å²) in [4.78, 5) is 22.7. The predicted octanol–water partition coefficient (Wildman–Crippen LogP) is 0.0549. The molecule has 1 aliphatic carbocycles. The third kappa shape index (κ3) is 5.50. The topological polar surface area (TPSA) is 92.3 Å². The number of carbonyl (C=O) groups excluding carboxylic acids is 2. The average molecular weight is 310 g/mol. The molecule has 1 saturated carbocycles. The highest BCUT2D eigenvalue weighted by Crippen LogP contribution is 2.29. The Labute approximate surface area is 121 Å². The van der Waals surface area contributed by atoms with Gasteiger partial charge in [-0.2, -0.15) is 18.2 Å². The number of nitrogens with one attached hydrogen (secondary N) is 2. The van der Waals surface area contributed by atoms with Crippen molar-refractivity contribution in [3.63, 3.8) is 0 Å². The molecule has 1 atom stereocenters. The van der Waals surface area contributed by atoms with Crippen molar-refractivity contribution in [3.8, 4) is 0 Å². The molecule has 19 heavy (non-hydrogen) atoms. The monoisotopic (exact) mass is 310 g/mol. The molecule has 0 heterocycles. The van der Waals surface area contributed by atoms with Gasteiger partial charge >= 0.3 is 0 Å². The average Bonchev–Trinajstić information content (AvgIpc) is 2.27. The Morgan fingerprint density at radius 2 is 1.79 bits per heavy atom. The molecule has 1 aliphatic rings. The number of aldehydes is 1. The first-order chi connectivity index (χ1) is 8.29. The standard InChI is InChI=1S/C11H20N2O4S.H2S/c1-9(8-14)12-10(15)11(13-18(2,16)17)6-4-3-5-7-11;/h8-9,13H,3-7H2,1-2H3,(H,12,15);1H2. The van der Waals surface area contributed by atoms with Gasteiger partial charge in [0, 0.05) is 0 Å². The van der Waals surface area contributed by atoms with Crippen molar-refractivity contribution < 1.29 is 18.0 Å². The van der Waals surface area contributed by atoms with E-state index in [0.29, 0.717) is 19.1 Å². The number of carbonyl (C=O) groups is 2. The van der Waals surface area contributed by atoms with E-state index in [-0.39, 0.29) is 13.5 Å². The highest BCUT2D eigenvalue weighted by Gasteiger charge is 2.42. The van der Waals surface area contributed by atoms with Gasteiger partial charge < -0.3 is 10.1 Å². The van der Waals surface area contributed by atoms with E-state index in [1.165, 1.54) is 0 Å². The van der Waals surface area contributed by atoms with Crippen LogP contribution in [0.3, 0.4) is 0 Å². The van der Waals surface area contributed by atoms with Gasteiger partial charge in [-0.15, -0.1) is 0 Å². The van der Waals surface area contributed by atoms with E-state index in [1.807, 2.05) is 0 Å². The van der Waals surface area contributed by atoms with Gasteiger partial charge in [-0.05, 0) is 19.8 Å². The van der Waals surface area contributed by atoms with Crippen LogP contribution in [0.15, 0.2) is 0 Å². The molecular weight excluding hydrogens is 288 g/mol. The van der Waals surface area contributed by atoms with E-state index in [2.05, 4.69) is 10.0 Å². The summed E-state index contributed by atoms with van der Waals surface area (Å²) < 4.78 is 25.3. The molecule has 0 spiro atoms. The molecule has 0 aromatic heterocycles. The fourth-order valence-corrected chi connectivity index (χ4v) is 3.27. The van der Waals surface area contributed by atoms with Gasteiger partial charge in [0.15, 0.2) is 0 Å². The lowest BCUT2D eigenvalue weighted by Gasteiger charge is -2.36. The predicted molar refractivity (Wildman–Crippen MR) is 77.8 cm³/mol. The molecule has 0 aliphatic heterocycles. The Hall–Kier alpha value is -0.600. The summed E-state index contributed by atoms with van der Waals surface area (Å²) in [5.74, 6) is -0.410. The minimum absolute atomic E-state index is 0. The lowest BCUT2D eigenvalue weighted by Crippen LogP contribution is -2.60. The molecule has 1 amide bonds. The Morgan fingerprint density at radius 1 is 1.26 bits per heavy atom. The maximum atomic E-state index is 12.2. The van der Waals surface area contributed by atoms with E-state index in [9.17, 15) is 18.0 Å². The molecule has 1 unspecified atom stereocenters. The molecule has 0 aromatic carbocycles. The maximum Gasteiger partial charge on any atom is 0.241 e. The van der Waals surface area contributed by atoms with Gasteiger partial charge in [0.25, 0.3) is 0 Å².